The highest BCUT2D eigenvalue weighted by Gasteiger charge is 2.31. The predicted octanol–water partition coefficient (Wildman–Crippen LogP) is 3.71. The van der Waals surface area contributed by atoms with Crippen molar-refractivity contribution in [1.82, 2.24) is 8.87 Å². The predicted molar refractivity (Wildman–Crippen MR) is 130 cm³/mol. The second kappa shape index (κ2) is 10.4. The van der Waals surface area contributed by atoms with Crippen molar-refractivity contribution in [3.63, 3.8) is 0 Å². The summed E-state index contributed by atoms with van der Waals surface area (Å²) in [6, 6.07) is 10.0. The van der Waals surface area contributed by atoms with E-state index in [0.717, 1.165) is 30.6 Å². The first-order chi connectivity index (χ1) is 16.7. The van der Waals surface area contributed by atoms with Crippen molar-refractivity contribution in [3.8, 4) is 0 Å². The summed E-state index contributed by atoms with van der Waals surface area (Å²) in [5, 5.41) is 0. The molecule has 1 fully saturated rings. The number of fused-ring (bicyclic) bond motifs is 1. The van der Waals surface area contributed by atoms with Gasteiger partial charge in [0.15, 0.2) is 4.80 Å². The summed E-state index contributed by atoms with van der Waals surface area (Å²) in [6.45, 7) is 3.90. The van der Waals surface area contributed by atoms with Crippen LogP contribution in [-0.4, -0.2) is 48.4 Å². The largest absolute Gasteiger partial charge is 0.465 e. The fourth-order valence-electron chi connectivity index (χ4n) is 4.14. The molecule has 1 aromatic heterocycles. The molecule has 186 valence electrons. The first-order valence-electron chi connectivity index (χ1n) is 11.4. The zero-order valence-corrected chi connectivity index (χ0v) is 21.1. The zero-order chi connectivity index (χ0) is 25.2. The van der Waals surface area contributed by atoms with E-state index in [1.54, 1.807) is 13.0 Å². The number of aromatic nitrogens is 1. The Hall–Kier alpha value is -2.89. The van der Waals surface area contributed by atoms with E-state index in [0.29, 0.717) is 11.2 Å². The molecule has 1 aliphatic rings. The molecule has 0 bridgehead atoms. The van der Waals surface area contributed by atoms with Crippen LogP contribution < -0.4 is 4.80 Å². The maximum atomic E-state index is 14.5. The lowest BCUT2D eigenvalue weighted by atomic mass is 10.1. The second-order valence-corrected chi connectivity index (χ2v) is 11.2. The van der Waals surface area contributed by atoms with E-state index in [1.807, 2.05) is 6.92 Å². The molecule has 0 saturated carbocycles. The van der Waals surface area contributed by atoms with E-state index >= 15 is 0 Å². The number of thiazole rings is 1. The summed E-state index contributed by atoms with van der Waals surface area (Å²) in [4.78, 5) is 29.4. The Morgan fingerprint density at radius 1 is 1.17 bits per heavy atom. The van der Waals surface area contributed by atoms with Crippen LogP contribution in [-0.2, 0) is 26.1 Å². The van der Waals surface area contributed by atoms with Gasteiger partial charge >= 0.3 is 5.97 Å². The van der Waals surface area contributed by atoms with Crippen molar-refractivity contribution >= 4 is 43.5 Å². The molecule has 2 heterocycles. The van der Waals surface area contributed by atoms with E-state index in [2.05, 4.69) is 4.99 Å². The van der Waals surface area contributed by atoms with E-state index in [-0.39, 0.29) is 40.0 Å². The van der Waals surface area contributed by atoms with Gasteiger partial charge in [0.05, 0.1) is 21.7 Å². The molecule has 2 aromatic carbocycles. The van der Waals surface area contributed by atoms with Gasteiger partial charge in [-0.15, -0.1) is 0 Å². The Morgan fingerprint density at radius 3 is 2.60 bits per heavy atom. The van der Waals surface area contributed by atoms with Crippen LogP contribution in [0.15, 0.2) is 52.4 Å². The number of hydrogen-bond acceptors (Lipinski definition) is 6. The minimum absolute atomic E-state index is 0.0757. The van der Waals surface area contributed by atoms with Crippen LogP contribution in [0.4, 0.5) is 4.39 Å². The maximum Gasteiger partial charge on any atom is 0.326 e. The molecule has 4 rings (SSSR count). The summed E-state index contributed by atoms with van der Waals surface area (Å²) in [5.74, 6) is -1.76. The van der Waals surface area contributed by atoms with Gasteiger partial charge in [-0.3, -0.25) is 9.59 Å². The van der Waals surface area contributed by atoms with Crippen LogP contribution in [0.1, 0.15) is 43.5 Å². The standard InChI is InChI=1S/C24H26FN3O5S2/c1-3-33-21(29)15-27-22-19(25)8-6-9-20(22)34-24(27)26-23(30)17-10-12-18(13-11-17)35(31,32)28-14-5-4-7-16(28)2/h6,8-13,16H,3-5,7,14-15H2,1-2H3. The third-order valence-electron chi connectivity index (χ3n) is 5.89. The molecular formula is C24H26FN3O5S2. The summed E-state index contributed by atoms with van der Waals surface area (Å²) >= 11 is 1.07. The molecule has 1 aliphatic heterocycles. The molecule has 8 nitrogen and oxygen atoms in total. The molecule has 0 N–H and O–H groups in total. The van der Waals surface area contributed by atoms with Crippen molar-refractivity contribution in [2.24, 2.45) is 4.99 Å². The van der Waals surface area contributed by atoms with Crippen molar-refractivity contribution in [2.45, 2.75) is 50.6 Å². The van der Waals surface area contributed by atoms with Gasteiger partial charge in [0.2, 0.25) is 10.0 Å². The smallest absolute Gasteiger partial charge is 0.326 e. The first-order valence-corrected chi connectivity index (χ1v) is 13.6. The van der Waals surface area contributed by atoms with Crippen LogP contribution >= 0.6 is 11.3 Å². The van der Waals surface area contributed by atoms with Gasteiger partial charge < -0.3 is 9.30 Å². The quantitative estimate of drug-likeness (QED) is 0.463. The number of benzene rings is 2. The highest BCUT2D eigenvalue weighted by molar-refractivity contribution is 7.89. The Kier molecular flexibility index (Phi) is 7.48. The van der Waals surface area contributed by atoms with Crippen molar-refractivity contribution in [1.29, 1.82) is 0 Å². The van der Waals surface area contributed by atoms with Crippen molar-refractivity contribution < 1.29 is 27.1 Å². The van der Waals surface area contributed by atoms with Gasteiger partial charge in [0.25, 0.3) is 5.91 Å². The molecule has 1 amide bonds. The number of ether oxygens (including phenoxy) is 1. The van der Waals surface area contributed by atoms with Crippen molar-refractivity contribution in [3.05, 3.63) is 58.6 Å². The minimum Gasteiger partial charge on any atom is -0.465 e. The number of sulfonamides is 1. The minimum atomic E-state index is -3.66. The number of hydrogen-bond donors (Lipinski definition) is 0. The average Bonchev–Trinajstić information content (AvgIpc) is 3.17. The average molecular weight is 520 g/mol. The molecule has 11 heteroatoms. The van der Waals surface area contributed by atoms with E-state index in [9.17, 15) is 22.4 Å². The van der Waals surface area contributed by atoms with Gasteiger partial charge in [-0.25, -0.2) is 12.8 Å². The number of carbonyl (C=O) groups is 2. The Labute approximate surface area is 206 Å². The summed E-state index contributed by atoms with van der Waals surface area (Å²) in [6.07, 6.45) is 2.64. The molecule has 0 spiro atoms. The highest BCUT2D eigenvalue weighted by atomic mass is 32.2. The molecule has 1 saturated heterocycles. The number of piperidine rings is 1. The summed E-state index contributed by atoms with van der Waals surface area (Å²) < 4.78 is 49.0. The van der Waals surface area contributed by atoms with Gasteiger partial charge in [-0.05, 0) is 63.1 Å². The van der Waals surface area contributed by atoms with Crippen LogP contribution in [0.2, 0.25) is 0 Å². The second-order valence-electron chi connectivity index (χ2n) is 8.26. The molecule has 0 radical (unpaired) electrons. The van der Waals surface area contributed by atoms with E-state index < -0.39 is 27.7 Å². The molecule has 1 atom stereocenters. The van der Waals surface area contributed by atoms with Gasteiger partial charge in [0, 0.05) is 18.2 Å². The van der Waals surface area contributed by atoms with Gasteiger partial charge in [0.1, 0.15) is 12.4 Å². The topological polar surface area (TPSA) is 98.0 Å². The van der Waals surface area contributed by atoms with Gasteiger partial charge in [-0.2, -0.15) is 9.30 Å². The number of nitrogens with zero attached hydrogens (tertiary/aromatic N) is 3. The third-order valence-corrected chi connectivity index (χ3v) is 8.96. The third kappa shape index (κ3) is 5.21. The molecular weight excluding hydrogens is 493 g/mol. The lowest BCUT2D eigenvalue weighted by molar-refractivity contribution is -0.143. The zero-order valence-electron chi connectivity index (χ0n) is 19.4. The molecule has 1 unspecified atom stereocenters. The fraction of sp³-hybridized carbons (Fsp3) is 0.375. The molecule has 35 heavy (non-hydrogen) atoms. The lowest BCUT2D eigenvalue weighted by Crippen LogP contribution is -2.41. The molecule has 0 aliphatic carbocycles. The number of para-hydroxylation sites is 1. The lowest BCUT2D eigenvalue weighted by Gasteiger charge is -2.32. The van der Waals surface area contributed by atoms with Crippen LogP contribution in [0.25, 0.3) is 10.2 Å². The Morgan fingerprint density at radius 2 is 1.91 bits per heavy atom. The molecule has 3 aromatic rings. The van der Waals surface area contributed by atoms with Crippen LogP contribution in [0.3, 0.4) is 0 Å². The number of rotatable bonds is 6. The SMILES string of the molecule is CCOC(=O)Cn1c(=NC(=O)c2ccc(S(=O)(=O)N3CCCCC3C)cc2)sc2cccc(F)c21. The monoisotopic (exact) mass is 519 g/mol. The number of carbonyl (C=O) groups excluding carboxylic acids is 2. The number of esters is 1. The first kappa shape index (κ1) is 25.2. The normalized spacial score (nSPS) is 17.6. The number of amides is 1. The number of halogens is 1. The van der Waals surface area contributed by atoms with Crippen molar-refractivity contribution in [2.75, 3.05) is 13.2 Å². The Balaban J connectivity index is 1.67. The summed E-state index contributed by atoms with van der Waals surface area (Å²) in [5.41, 5.74) is 0.338. The van der Waals surface area contributed by atoms with E-state index in [4.69, 9.17) is 4.74 Å². The van der Waals surface area contributed by atoms with Crippen LogP contribution in [0, 0.1) is 5.82 Å². The summed E-state index contributed by atoms with van der Waals surface area (Å²) in [7, 11) is -3.66. The highest BCUT2D eigenvalue weighted by Crippen LogP contribution is 2.25. The maximum absolute atomic E-state index is 14.5. The Bertz CT molecular complexity index is 1430. The van der Waals surface area contributed by atoms with Crippen LogP contribution in [0.5, 0.6) is 0 Å². The fourth-order valence-corrected chi connectivity index (χ4v) is 6.88. The van der Waals surface area contributed by atoms with E-state index in [1.165, 1.54) is 45.3 Å². The van der Waals surface area contributed by atoms with Gasteiger partial charge in [-0.1, -0.05) is 23.8 Å².